The number of hydrogen-bond acceptors (Lipinski definition) is 7. The van der Waals surface area contributed by atoms with Gasteiger partial charge in [-0.25, -0.2) is 4.79 Å². The van der Waals surface area contributed by atoms with E-state index in [9.17, 15) is 9.36 Å². The van der Waals surface area contributed by atoms with Crippen LogP contribution in [0.4, 0.5) is 0 Å². The van der Waals surface area contributed by atoms with E-state index in [4.69, 9.17) is 34.5 Å². The summed E-state index contributed by atoms with van der Waals surface area (Å²) < 4.78 is 38.2. The average molecular weight is 389 g/mol. The lowest BCUT2D eigenvalue weighted by molar-refractivity contribution is -0.149. The molecule has 0 aliphatic rings. The number of ether oxygens (including phenoxy) is 2. The van der Waals surface area contributed by atoms with Crippen LogP contribution in [0.25, 0.3) is 0 Å². The summed E-state index contributed by atoms with van der Waals surface area (Å²) in [5.74, 6) is -1.65. The van der Waals surface area contributed by atoms with Gasteiger partial charge in [0.05, 0.1) is 11.3 Å². The van der Waals surface area contributed by atoms with Crippen molar-refractivity contribution in [3.63, 3.8) is 0 Å². The van der Waals surface area contributed by atoms with Crippen LogP contribution in [0.2, 0.25) is 5.02 Å². The number of esters is 1. The van der Waals surface area contributed by atoms with Gasteiger partial charge in [0.1, 0.15) is 5.75 Å². The van der Waals surface area contributed by atoms with E-state index in [2.05, 4.69) is 0 Å². The molecule has 0 saturated carbocycles. The van der Waals surface area contributed by atoms with Gasteiger partial charge in [-0.3, -0.25) is 4.57 Å². The Bertz CT molecular complexity index is 752. The first kappa shape index (κ1) is 19.5. The minimum atomic E-state index is -3.77. The Hall–Kier alpha value is -1.79. The van der Waals surface area contributed by atoms with Gasteiger partial charge in [-0.15, -0.1) is 0 Å². The summed E-state index contributed by atoms with van der Waals surface area (Å²) in [6.07, 6.45) is 1.36. The van der Waals surface area contributed by atoms with E-state index in [1.54, 1.807) is 18.2 Å². The molecule has 25 heavy (non-hydrogen) atoms. The number of carbonyl (C=O) groups is 1. The number of hydrogen-bond donors (Lipinski definition) is 0. The highest BCUT2D eigenvalue weighted by Gasteiger charge is 2.41. The fourth-order valence-electron chi connectivity index (χ4n) is 1.99. The second-order valence-corrected chi connectivity index (χ2v) is 7.67. The van der Waals surface area contributed by atoms with Crippen LogP contribution < -0.4 is 4.74 Å². The summed E-state index contributed by atoms with van der Waals surface area (Å²) in [6.45, 7) is 1.43. The van der Waals surface area contributed by atoms with Crippen molar-refractivity contribution in [1.82, 2.24) is 0 Å². The maximum Gasteiger partial charge on any atom is 0.378 e. The average Bonchev–Trinajstić information content (AvgIpc) is 3.14. The molecule has 1 atom stereocenters. The molecule has 136 valence electrons. The zero-order valence-corrected chi connectivity index (χ0v) is 15.6. The second-order valence-electron chi connectivity index (χ2n) is 4.99. The molecule has 0 aliphatic carbocycles. The Morgan fingerprint density at radius 3 is 2.60 bits per heavy atom. The molecule has 9 heteroatoms. The second kappa shape index (κ2) is 8.54. The predicted octanol–water partition coefficient (Wildman–Crippen LogP) is 4.35. The van der Waals surface area contributed by atoms with Gasteiger partial charge in [-0.1, -0.05) is 17.7 Å². The van der Waals surface area contributed by atoms with Crippen LogP contribution in [0.5, 0.6) is 5.75 Å². The van der Waals surface area contributed by atoms with E-state index in [1.807, 2.05) is 13.0 Å². The van der Waals surface area contributed by atoms with E-state index in [0.29, 0.717) is 10.8 Å². The van der Waals surface area contributed by atoms with Crippen LogP contribution >= 0.6 is 19.2 Å². The van der Waals surface area contributed by atoms with Crippen molar-refractivity contribution in [1.29, 1.82) is 0 Å². The summed E-state index contributed by atoms with van der Waals surface area (Å²) in [5, 5.41) is 0.362. The maximum atomic E-state index is 12.6. The van der Waals surface area contributed by atoms with Gasteiger partial charge in [0.15, 0.2) is 12.4 Å². The van der Waals surface area contributed by atoms with Crippen molar-refractivity contribution in [2.24, 2.45) is 0 Å². The van der Waals surface area contributed by atoms with Crippen LogP contribution in [-0.4, -0.2) is 26.8 Å². The smallest absolute Gasteiger partial charge is 0.378 e. The molecule has 0 aliphatic heterocycles. The molecule has 0 radical (unpaired) electrons. The standard InChI is InChI=1S/C16H18ClO7P/c1-11-6-7-12(17)14(9-11)23-10-15(18)24-16(13-5-4-8-22-13)25(19,20-2)21-3/h4-9,16H,10H2,1-3H3. The number of carbonyl (C=O) groups excluding carboxylic acids is 1. The van der Waals surface area contributed by atoms with E-state index in [0.717, 1.165) is 5.56 Å². The van der Waals surface area contributed by atoms with E-state index < -0.39 is 26.0 Å². The zero-order valence-electron chi connectivity index (χ0n) is 13.9. The Morgan fingerprint density at radius 2 is 2.00 bits per heavy atom. The first-order chi connectivity index (χ1) is 11.9. The Balaban J connectivity index is 2.10. The predicted molar refractivity (Wildman–Crippen MR) is 90.8 cm³/mol. The molecule has 2 rings (SSSR count). The third kappa shape index (κ3) is 4.86. The molecule has 7 nitrogen and oxygen atoms in total. The first-order valence-electron chi connectivity index (χ1n) is 7.22. The molecule has 0 fully saturated rings. The minimum Gasteiger partial charge on any atom is -0.480 e. The third-order valence-electron chi connectivity index (χ3n) is 3.26. The summed E-state index contributed by atoms with van der Waals surface area (Å²) >= 11 is 6.01. The third-order valence-corrected chi connectivity index (χ3v) is 5.52. The highest BCUT2D eigenvalue weighted by atomic mass is 35.5. The van der Waals surface area contributed by atoms with Crippen LogP contribution in [-0.2, 0) is 23.1 Å². The lowest BCUT2D eigenvalue weighted by Gasteiger charge is -2.22. The topological polar surface area (TPSA) is 84.2 Å². The molecule has 0 N–H and O–H groups in total. The fraction of sp³-hybridized carbons (Fsp3) is 0.312. The highest BCUT2D eigenvalue weighted by molar-refractivity contribution is 7.54. The Morgan fingerprint density at radius 1 is 1.28 bits per heavy atom. The van der Waals surface area contributed by atoms with Gasteiger partial charge in [0, 0.05) is 14.2 Å². The summed E-state index contributed by atoms with van der Waals surface area (Å²) in [5.41, 5.74) is 0.921. The largest absolute Gasteiger partial charge is 0.480 e. The summed E-state index contributed by atoms with van der Waals surface area (Å²) in [7, 11) is -1.38. The minimum absolute atomic E-state index is 0.133. The van der Waals surface area contributed by atoms with Crippen molar-refractivity contribution < 1.29 is 32.3 Å². The van der Waals surface area contributed by atoms with Crippen molar-refractivity contribution in [3.8, 4) is 5.75 Å². The molecule has 1 heterocycles. The van der Waals surface area contributed by atoms with Crippen molar-refractivity contribution in [3.05, 3.63) is 52.9 Å². The molecule has 1 aromatic heterocycles. The van der Waals surface area contributed by atoms with Gasteiger partial charge in [0.25, 0.3) is 5.85 Å². The number of halogens is 1. The van der Waals surface area contributed by atoms with Gasteiger partial charge < -0.3 is 22.9 Å². The Kier molecular flexibility index (Phi) is 6.67. The van der Waals surface area contributed by atoms with Crippen LogP contribution in [0.15, 0.2) is 41.0 Å². The van der Waals surface area contributed by atoms with Crippen LogP contribution in [0.3, 0.4) is 0 Å². The number of benzene rings is 1. The maximum absolute atomic E-state index is 12.6. The fourth-order valence-corrected chi connectivity index (χ4v) is 3.40. The first-order valence-corrected chi connectivity index (χ1v) is 9.21. The molecule has 0 amide bonds. The SMILES string of the molecule is COP(=O)(OC)C(OC(=O)COc1cc(C)ccc1Cl)c1ccco1. The lowest BCUT2D eigenvalue weighted by atomic mass is 10.2. The van der Waals surface area contributed by atoms with Gasteiger partial charge in [-0.05, 0) is 36.8 Å². The molecule has 1 unspecified atom stereocenters. The molecule has 0 bridgehead atoms. The van der Waals surface area contributed by atoms with Crippen molar-refractivity contribution in [2.45, 2.75) is 12.8 Å². The zero-order chi connectivity index (χ0) is 18.4. The van der Waals surface area contributed by atoms with Crippen LogP contribution in [0, 0.1) is 6.92 Å². The monoisotopic (exact) mass is 388 g/mol. The highest BCUT2D eigenvalue weighted by Crippen LogP contribution is 2.60. The molecule has 2 aromatic rings. The summed E-state index contributed by atoms with van der Waals surface area (Å²) in [6, 6.07) is 8.23. The number of rotatable bonds is 8. The van der Waals surface area contributed by atoms with E-state index >= 15 is 0 Å². The van der Waals surface area contributed by atoms with E-state index in [1.165, 1.54) is 26.5 Å². The van der Waals surface area contributed by atoms with Gasteiger partial charge in [-0.2, -0.15) is 0 Å². The normalized spacial score (nSPS) is 12.6. The van der Waals surface area contributed by atoms with Gasteiger partial charge in [0.2, 0.25) is 0 Å². The number of aryl methyl sites for hydroxylation is 1. The van der Waals surface area contributed by atoms with E-state index in [-0.39, 0.29) is 5.76 Å². The molecule has 0 spiro atoms. The lowest BCUT2D eigenvalue weighted by Crippen LogP contribution is -2.19. The molecule has 0 saturated heterocycles. The van der Waals surface area contributed by atoms with Crippen LogP contribution in [0.1, 0.15) is 17.2 Å². The quantitative estimate of drug-likeness (QED) is 0.491. The Labute approximate surface area is 150 Å². The molecular weight excluding hydrogens is 371 g/mol. The van der Waals surface area contributed by atoms with Crippen molar-refractivity contribution >= 4 is 25.2 Å². The molecular formula is C16H18ClO7P. The van der Waals surface area contributed by atoms with Crippen molar-refractivity contribution in [2.75, 3.05) is 20.8 Å². The summed E-state index contributed by atoms with van der Waals surface area (Å²) in [4.78, 5) is 12.1. The molecule has 1 aromatic carbocycles. The van der Waals surface area contributed by atoms with Gasteiger partial charge >= 0.3 is 13.6 Å². The number of furan rings is 1.